The molecular formula is C28H37N3O3. The fraction of sp³-hybridized carbons (Fsp3) is 0.464. The molecule has 6 nitrogen and oxygen atoms in total. The first-order chi connectivity index (χ1) is 16.5. The third kappa shape index (κ3) is 6.69. The molecule has 1 fully saturated rings. The third-order valence-electron chi connectivity index (χ3n) is 6.00. The van der Waals surface area contributed by atoms with Gasteiger partial charge in [0, 0.05) is 19.6 Å². The van der Waals surface area contributed by atoms with E-state index in [2.05, 4.69) is 11.8 Å². The number of aliphatic hydroxyl groups is 1. The molecule has 1 atom stereocenters. The average molecular weight is 464 g/mol. The first-order valence-electron chi connectivity index (χ1n) is 12.4. The van der Waals surface area contributed by atoms with Gasteiger partial charge in [-0.25, -0.2) is 4.68 Å². The molecule has 1 aromatic heterocycles. The Balaban J connectivity index is 1.65. The van der Waals surface area contributed by atoms with Crippen LogP contribution in [-0.4, -0.2) is 51.7 Å². The van der Waals surface area contributed by atoms with Gasteiger partial charge in [0.05, 0.1) is 35.8 Å². The SMILES string of the molecule is CCc1nn(-c2ccccc2)c(Oc2ccccc2)c1CN(CC(O)COC(C)C)CC1CC1. The number of benzene rings is 2. The Hall–Kier alpha value is -2.67. The predicted molar refractivity (Wildman–Crippen MR) is 135 cm³/mol. The Bertz CT molecular complexity index is 1020. The lowest BCUT2D eigenvalue weighted by molar-refractivity contribution is -0.0101. The summed E-state index contributed by atoms with van der Waals surface area (Å²) in [4.78, 5) is 2.34. The maximum atomic E-state index is 10.7. The second-order valence-corrected chi connectivity index (χ2v) is 9.42. The smallest absolute Gasteiger partial charge is 0.227 e. The number of hydrogen-bond donors (Lipinski definition) is 1. The highest BCUT2D eigenvalue weighted by Gasteiger charge is 2.28. The van der Waals surface area contributed by atoms with Crippen molar-refractivity contribution in [3.8, 4) is 17.3 Å². The van der Waals surface area contributed by atoms with Crippen molar-refractivity contribution in [3.63, 3.8) is 0 Å². The van der Waals surface area contributed by atoms with Crippen molar-refractivity contribution in [2.45, 2.75) is 58.8 Å². The Morgan fingerprint density at radius 1 is 1.06 bits per heavy atom. The van der Waals surface area contributed by atoms with E-state index in [9.17, 15) is 5.11 Å². The molecule has 0 saturated heterocycles. The lowest BCUT2D eigenvalue weighted by atomic mass is 10.1. The van der Waals surface area contributed by atoms with E-state index in [1.807, 2.05) is 79.2 Å². The van der Waals surface area contributed by atoms with Gasteiger partial charge in [-0.2, -0.15) is 5.10 Å². The van der Waals surface area contributed by atoms with Gasteiger partial charge in [-0.3, -0.25) is 4.90 Å². The van der Waals surface area contributed by atoms with Crippen LogP contribution in [0.1, 0.15) is 44.9 Å². The second kappa shape index (κ2) is 11.6. The summed E-state index contributed by atoms with van der Waals surface area (Å²) in [7, 11) is 0. The van der Waals surface area contributed by atoms with Crippen LogP contribution in [0.15, 0.2) is 60.7 Å². The summed E-state index contributed by atoms with van der Waals surface area (Å²) in [6.07, 6.45) is 2.89. The van der Waals surface area contributed by atoms with Crippen molar-refractivity contribution >= 4 is 0 Å². The zero-order valence-electron chi connectivity index (χ0n) is 20.6. The largest absolute Gasteiger partial charge is 0.439 e. The van der Waals surface area contributed by atoms with Crippen LogP contribution >= 0.6 is 0 Å². The molecule has 0 spiro atoms. The van der Waals surface area contributed by atoms with Crippen LogP contribution in [0.5, 0.6) is 11.6 Å². The monoisotopic (exact) mass is 463 g/mol. The summed E-state index contributed by atoms with van der Waals surface area (Å²) in [5, 5.41) is 15.6. The van der Waals surface area contributed by atoms with Gasteiger partial charge in [0.2, 0.25) is 5.88 Å². The lowest BCUT2D eigenvalue weighted by Crippen LogP contribution is -2.36. The molecule has 182 valence electrons. The summed E-state index contributed by atoms with van der Waals surface area (Å²) in [6.45, 7) is 8.66. The molecular weight excluding hydrogens is 426 g/mol. The fourth-order valence-electron chi connectivity index (χ4n) is 4.12. The Labute approximate surface area is 203 Å². The van der Waals surface area contributed by atoms with Gasteiger partial charge in [-0.05, 0) is 63.3 Å². The standard InChI is InChI=1S/C28H37N3O3/c1-4-27-26(19-30(17-22-15-16-22)18-24(32)20-33-21(2)3)28(34-25-13-9-6-10-14-25)31(29-27)23-11-7-5-8-12-23/h5-14,21-22,24,32H,4,15-20H2,1-3H3. The average Bonchev–Trinajstić information content (AvgIpc) is 3.60. The zero-order valence-corrected chi connectivity index (χ0v) is 20.6. The molecule has 2 aromatic carbocycles. The molecule has 34 heavy (non-hydrogen) atoms. The number of aryl methyl sites for hydroxylation is 1. The van der Waals surface area contributed by atoms with Gasteiger partial charge in [-0.1, -0.05) is 43.3 Å². The molecule has 1 aliphatic carbocycles. The van der Waals surface area contributed by atoms with Gasteiger partial charge in [0.15, 0.2) is 0 Å². The Morgan fingerprint density at radius 2 is 1.74 bits per heavy atom. The molecule has 0 bridgehead atoms. The van der Waals surface area contributed by atoms with E-state index in [1.54, 1.807) is 0 Å². The van der Waals surface area contributed by atoms with Crippen LogP contribution in [0.3, 0.4) is 0 Å². The molecule has 0 amide bonds. The van der Waals surface area contributed by atoms with Gasteiger partial charge in [-0.15, -0.1) is 0 Å². The van der Waals surface area contributed by atoms with Crippen LogP contribution in [0.4, 0.5) is 0 Å². The van der Waals surface area contributed by atoms with Crippen molar-refractivity contribution < 1.29 is 14.6 Å². The first kappa shape index (κ1) is 24.5. The summed E-state index contributed by atoms with van der Waals surface area (Å²) in [5.41, 5.74) is 3.06. The van der Waals surface area contributed by atoms with E-state index in [0.29, 0.717) is 25.6 Å². The molecule has 4 rings (SSSR count). The molecule has 1 aliphatic rings. The van der Waals surface area contributed by atoms with Gasteiger partial charge >= 0.3 is 0 Å². The predicted octanol–water partition coefficient (Wildman–Crippen LogP) is 5.22. The van der Waals surface area contributed by atoms with Crippen molar-refractivity contribution in [2.75, 3.05) is 19.7 Å². The quantitative estimate of drug-likeness (QED) is 0.376. The zero-order chi connectivity index (χ0) is 23.9. The highest BCUT2D eigenvalue weighted by atomic mass is 16.5. The fourth-order valence-corrected chi connectivity index (χ4v) is 4.12. The van der Waals surface area contributed by atoms with E-state index in [1.165, 1.54) is 12.8 Å². The molecule has 1 heterocycles. The van der Waals surface area contributed by atoms with Gasteiger partial charge in [0.1, 0.15) is 5.75 Å². The number of aliphatic hydroxyl groups excluding tert-OH is 1. The lowest BCUT2D eigenvalue weighted by Gasteiger charge is -2.26. The second-order valence-electron chi connectivity index (χ2n) is 9.42. The minimum atomic E-state index is -0.533. The molecule has 1 N–H and O–H groups in total. The van der Waals surface area contributed by atoms with E-state index < -0.39 is 6.10 Å². The van der Waals surface area contributed by atoms with Gasteiger partial charge < -0.3 is 14.6 Å². The number of para-hydroxylation sites is 2. The molecule has 3 aromatic rings. The van der Waals surface area contributed by atoms with E-state index in [0.717, 1.165) is 41.5 Å². The van der Waals surface area contributed by atoms with Crippen LogP contribution < -0.4 is 4.74 Å². The summed E-state index contributed by atoms with van der Waals surface area (Å²) in [5.74, 6) is 2.22. The van der Waals surface area contributed by atoms with Crippen molar-refractivity contribution in [1.82, 2.24) is 14.7 Å². The number of hydrogen-bond acceptors (Lipinski definition) is 5. The minimum absolute atomic E-state index is 0.105. The highest BCUT2D eigenvalue weighted by molar-refractivity contribution is 5.43. The first-order valence-corrected chi connectivity index (χ1v) is 12.4. The molecule has 1 saturated carbocycles. The van der Waals surface area contributed by atoms with Crippen LogP contribution in [0.2, 0.25) is 0 Å². The van der Waals surface area contributed by atoms with E-state index in [-0.39, 0.29) is 6.10 Å². The summed E-state index contributed by atoms with van der Waals surface area (Å²) < 4.78 is 14.0. The molecule has 0 aliphatic heterocycles. The Morgan fingerprint density at radius 3 is 2.35 bits per heavy atom. The maximum Gasteiger partial charge on any atom is 0.227 e. The van der Waals surface area contributed by atoms with Crippen molar-refractivity contribution in [2.24, 2.45) is 5.92 Å². The number of rotatable bonds is 13. The van der Waals surface area contributed by atoms with Crippen molar-refractivity contribution in [3.05, 3.63) is 71.9 Å². The van der Waals surface area contributed by atoms with Crippen LogP contribution in [-0.2, 0) is 17.7 Å². The maximum absolute atomic E-state index is 10.7. The molecule has 0 radical (unpaired) electrons. The van der Waals surface area contributed by atoms with Crippen LogP contribution in [0, 0.1) is 5.92 Å². The van der Waals surface area contributed by atoms with E-state index >= 15 is 0 Å². The number of ether oxygens (including phenoxy) is 2. The molecule has 1 unspecified atom stereocenters. The van der Waals surface area contributed by atoms with Crippen LogP contribution in [0.25, 0.3) is 5.69 Å². The topological polar surface area (TPSA) is 59.8 Å². The summed E-state index contributed by atoms with van der Waals surface area (Å²) >= 11 is 0. The van der Waals surface area contributed by atoms with Gasteiger partial charge in [0.25, 0.3) is 0 Å². The number of aromatic nitrogens is 2. The normalized spacial score (nSPS) is 14.6. The summed E-state index contributed by atoms with van der Waals surface area (Å²) in [6, 6.07) is 20.0. The van der Waals surface area contributed by atoms with Crippen molar-refractivity contribution in [1.29, 1.82) is 0 Å². The number of nitrogens with zero attached hydrogens (tertiary/aromatic N) is 3. The minimum Gasteiger partial charge on any atom is -0.439 e. The van der Waals surface area contributed by atoms with E-state index in [4.69, 9.17) is 14.6 Å². The Kier molecular flexibility index (Phi) is 8.38. The third-order valence-corrected chi connectivity index (χ3v) is 6.00. The highest BCUT2D eigenvalue weighted by Crippen LogP contribution is 2.34. The molecule has 6 heteroatoms.